The summed E-state index contributed by atoms with van der Waals surface area (Å²) in [6.45, 7) is 0. The van der Waals surface area contributed by atoms with E-state index in [1.807, 2.05) is 28.9 Å². The van der Waals surface area contributed by atoms with Crippen molar-refractivity contribution in [1.82, 2.24) is 19.0 Å². The topological polar surface area (TPSA) is 65.2 Å². The Morgan fingerprint density at radius 3 is 2.74 bits per heavy atom. The summed E-state index contributed by atoms with van der Waals surface area (Å²) in [5, 5.41) is 2.95. The standard InChI is InChI=1S/C20H13ClF3N5OS/c21-16-7-11(20(22,23)24)8-17-18(16)28-19(27-17)26-12-1-3-14(4-2-12)30-15-5-6-29-13(9-15)10-25-31-29/h1-10,25H,(H2,26,27,28). The summed E-state index contributed by atoms with van der Waals surface area (Å²) in [7, 11) is 0. The first-order valence-electron chi connectivity index (χ1n) is 8.98. The van der Waals surface area contributed by atoms with E-state index in [1.165, 1.54) is 12.1 Å². The summed E-state index contributed by atoms with van der Waals surface area (Å²) < 4.78 is 49.8. The average molecular weight is 464 g/mol. The summed E-state index contributed by atoms with van der Waals surface area (Å²) >= 11 is 7.45. The van der Waals surface area contributed by atoms with E-state index in [9.17, 15) is 13.2 Å². The molecule has 2 aliphatic heterocycles. The molecule has 2 aliphatic rings. The molecule has 158 valence electrons. The van der Waals surface area contributed by atoms with Gasteiger partial charge >= 0.3 is 6.18 Å². The van der Waals surface area contributed by atoms with Crippen molar-refractivity contribution in [2.75, 3.05) is 5.32 Å². The second kappa shape index (κ2) is 7.47. The first-order valence-corrected chi connectivity index (χ1v) is 10.1. The summed E-state index contributed by atoms with van der Waals surface area (Å²) in [4.78, 5) is 7.07. The number of aromatic amines is 1. The first-order chi connectivity index (χ1) is 14.8. The van der Waals surface area contributed by atoms with Crippen molar-refractivity contribution in [3.05, 3.63) is 83.0 Å². The van der Waals surface area contributed by atoms with E-state index < -0.39 is 11.7 Å². The predicted octanol–water partition coefficient (Wildman–Crippen LogP) is 6.08. The summed E-state index contributed by atoms with van der Waals surface area (Å²) in [5.74, 6) is 1.61. The molecule has 5 rings (SSSR count). The van der Waals surface area contributed by atoms with Crippen LogP contribution in [0.4, 0.5) is 24.8 Å². The molecule has 0 amide bonds. The van der Waals surface area contributed by atoms with E-state index in [0.717, 1.165) is 17.8 Å². The molecule has 3 aromatic rings. The molecule has 0 saturated heterocycles. The minimum absolute atomic E-state index is 0.0729. The Kier molecular flexibility index (Phi) is 4.75. The largest absolute Gasteiger partial charge is 0.457 e. The van der Waals surface area contributed by atoms with Crippen molar-refractivity contribution in [2.24, 2.45) is 0 Å². The lowest BCUT2D eigenvalue weighted by molar-refractivity contribution is -0.137. The highest BCUT2D eigenvalue weighted by Gasteiger charge is 2.31. The summed E-state index contributed by atoms with van der Waals surface area (Å²) in [5.41, 5.74) is 1.28. The highest BCUT2D eigenvalue weighted by atomic mass is 35.5. The van der Waals surface area contributed by atoms with Gasteiger partial charge in [0.1, 0.15) is 17.0 Å². The van der Waals surface area contributed by atoms with E-state index in [-0.39, 0.29) is 22.0 Å². The number of halogens is 4. The van der Waals surface area contributed by atoms with Crippen molar-refractivity contribution < 1.29 is 17.9 Å². The first kappa shape index (κ1) is 19.7. The molecule has 0 unspecified atom stereocenters. The van der Waals surface area contributed by atoms with Crippen molar-refractivity contribution in [3.8, 4) is 5.75 Å². The number of H-pyrrole nitrogens is 1. The Hall–Kier alpha value is -3.24. The molecule has 3 N–H and O–H groups in total. The van der Waals surface area contributed by atoms with Crippen LogP contribution in [0.1, 0.15) is 5.56 Å². The second-order valence-electron chi connectivity index (χ2n) is 6.66. The van der Waals surface area contributed by atoms with E-state index in [4.69, 9.17) is 16.3 Å². The number of nitrogens with one attached hydrogen (secondary N) is 3. The molecule has 1 aromatic heterocycles. The van der Waals surface area contributed by atoms with Crippen LogP contribution in [0.5, 0.6) is 5.75 Å². The number of ether oxygens (including phenoxy) is 1. The average Bonchev–Trinajstić information content (AvgIpc) is 3.35. The van der Waals surface area contributed by atoms with Gasteiger partial charge in [0.05, 0.1) is 33.9 Å². The molecule has 11 heteroatoms. The van der Waals surface area contributed by atoms with Crippen LogP contribution in [0.2, 0.25) is 5.02 Å². The van der Waals surface area contributed by atoms with Crippen LogP contribution in [-0.4, -0.2) is 14.3 Å². The van der Waals surface area contributed by atoms with Gasteiger partial charge in [0.2, 0.25) is 5.95 Å². The molecule has 31 heavy (non-hydrogen) atoms. The maximum atomic E-state index is 13.0. The van der Waals surface area contributed by atoms with Gasteiger partial charge in [0, 0.05) is 24.2 Å². The molecule has 0 spiro atoms. The van der Waals surface area contributed by atoms with Gasteiger partial charge in [-0.15, -0.1) is 0 Å². The maximum absolute atomic E-state index is 13.0. The van der Waals surface area contributed by atoms with E-state index in [1.54, 1.807) is 24.3 Å². The lowest BCUT2D eigenvalue weighted by Gasteiger charge is -2.17. The summed E-state index contributed by atoms with van der Waals surface area (Å²) in [6, 6.07) is 8.95. The molecule has 0 radical (unpaired) electrons. The Balaban J connectivity index is 1.31. The fourth-order valence-corrected chi connectivity index (χ4v) is 3.94. The molecular weight excluding hydrogens is 451 g/mol. The van der Waals surface area contributed by atoms with Gasteiger partial charge in [-0.2, -0.15) is 13.2 Å². The smallest absolute Gasteiger partial charge is 0.416 e. The SMILES string of the molecule is FC(F)(F)c1cc(Cl)c2nc(Nc3ccc(OC4=CC5=CNSN5C=C4)cc3)[nH]c2c1. The number of hydrogen-bond acceptors (Lipinski definition) is 6. The van der Waals surface area contributed by atoms with Crippen LogP contribution in [0.15, 0.2) is 72.4 Å². The number of alkyl halides is 3. The zero-order valence-corrected chi connectivity index (χ0v) is 17.1. The fraction of sp³-hybridized carbons (Fsp3) is 0.0500. The van der Waals surface area contributed by atoms with Gasteiger partial charge in [0.25, 0.3) is 0 Å². The Bertz CT molecular complexity index is 1250. The Morgan fingerprint density at radius 1 is 1.16 bits per heavy atom. The van der Waals surface area contributed by atoms with Crippen molar-refractivity contribution in [3.63, 3.8) is 0 Å². The second-order valence-corrected chi connectivity index (χ2v) is 7.87. The number of nitrogens with zero attached hydrogens (tertiary/aromatic N) is 2. The maximum Gasteiger partial charge on any atom is 0.416 e. The molecule has 3 heterocycles. The molecule has 2 aromatic carbocycles. The Morgan fingerprint density at radius 2 is 1.97 bits per heavy atom. The third kappa shape index (κ3) is 4.04. The van der Waals surface area contributed by atoms with Crippen LogP contribution in [0.3, 0.4) is 0 Å². The van der Waals surface area contributed by atoms with Gasteiger partial charge in [-0.1, -0.05) is 11.6 Å². The van der Waals surface area contributed by atoms with Crippen LogP contribution < -0.4 is 14.8 Å². The van der Waals surface area contributed by atoms with Crippen LogP contribution in [-0.2, 0) is 6.18 Å². The zero-order valence-electron chi connectivity index (χ0n) is 15.5. The quantitative estimate of drug-likeness (QED) is 0.408. The van der Waals surface area contributed by atoms with Gasteiger partial charge in [0.15, 0.2) is 0 Å². The minimum Gasteiger partial charge on any atom is -0.457 e. The number of aromatic nitrogens is 2. The van der Waals surface area contributed by atoms with Gasteiger partial charge in [-0.25, -0.2) is 4.98 Å². The molecule has 0 aliphatic carbocycles. The number of fused-ring (bicyclic) bond motifs is 2. The summed E-state index contributed by atoms with van der Waals surface area (Å²) in [6.07, 6.45) is 3.06. The van der Waals surface area contributed by atoms with Gasteiger partial charge in [-0.3, -0.25) is 4.31 Å². The van der Waals surface area contributed by atoms with Crippen LogP contribution in [0, 0.1) is 0 Å². The van der Waals surface area contributed by atoms with E-state index >= 15 is 0 Å². The number of benzene rings is 2. The number of imidazole rings is 1. The van der Waals surface area contributed by atoms with Crippen LogP contribution in [0.25, 0.3) is 11.0 Å². The minimum atomic E-state index is -4.49. The molecule has 0 bridgehead atoms. The number of hydrogen-bond donors (Lipinski definition) is 3. The third-order valence-electron chi connectivity index (χ3n) is 4.50. The number of rotatable bonds is 4. The predicted molar refractivity (Wildman–Crippen MR) is 114 cm³/mol. The Labute approximate surface area is 183 Å². The fourth-order valence-electron chi connectivity index (χ4n) is 3.06. The number of anilines is 2. The zero-order chi connectivity index (χ0) is 21.6. The van der Waals surface area contributed by atoms with Gasteiger partial charge < -0.3 is 19.8 Å². The monoisotopic (exact) mass is 463 g/mol. The van der Waals surface area contributed by atoms with E-state index in [0.29, 0.717) is 17.2 Å². The molecular formula is C20H13ClF3N5OS. The molecule has 0 saturated carbocycles. The van der Waals surface area contributed by atoms with E-state index in [2.05, 4.69) is 20.0 Å². The number of allylic oxidation sites excluding steroid dienone is 2. The highest BCUT2D eigenvalue weighted by Crippen LogP contribution is 2.35. The highest BCUT2D eigenvalue weighted by molar-refractivity contribution is 7.95. The lowest BCUT2D eigenvalue weighted by atomic mass is 10.2. The van der Waals surface area contributed by atoms with Gasteiger partial charge in [-0.05, 0) is 42.5 Å². The molecule has 0 fully saturated rings. The molecule has 6 nitrogen and oxygen atoms in total. The lowest BCUT2D eigenvalue weighted by Crippen LogP contribution is -2.08. The van der Waals surface area contributed by atoms with Crippen LogP contribution >= 0.6 is 23.7 Å². The normalized spacial score (nSPS) is 15.4. The molecule has 0 atom stereocenters. The third-order valence-corrected chi connectivity index (χ3v) is 5.54. The van der Waals surface area contributed by atoms with Crippen molar-refractivity contribution >= 4 is 46.4 Å². The van der Waals surface area contributed by atoms with Crippen molar-refractivity contribution in [1.29, 1.82) is 0 Å². The van der Waals surface area contributed by atoms with Crippen molar-refractivity contribution in [2.45, 2.75) is 6.18 Å².